The lowest BCUT2D eigenvalue weighted by molar-refractivity contribution is 0.628. The molecule has 3 rings (SSSR count). The summed E-state index contributed by atoms with van der Waals surface area (Å²) in [5.74, 6) is 0.785. The third-order valence-electron chi connectivity index (χ3n) is 2.26. The van der Waals surface area contributed by atoms with Gasteiger partial charge >= 0.3 is 0 Å². The lowest BCUT2D eigenvalue weighted by Crippen LogP contribution is -1.76. The Labute approximate surface area is 87.2 Å². The molecule has 0 aliphatic heterocycles. The van der Waals surface area contributed by atoms with Crippen LogP contribution in [-0.4, -0.2) is 4.98 Å². The van der Waals surface area contributed by atoms with E-state index in [4.69, 9.17) is 4.42 Å². The number of pyridine rings is 1. The lowest BCUT2D eigenvalue weighted by atomic mass is 10.2. The van der Waals surface area contributed by atoms with Crippen LogP contribution in [0.3, 0.4) is 0 Å². The molecular formula is C13H8NO. The quantitative estimate of drug-likeness (QED) is 0.594. The number of nitrogens with zero attached hydrogens (tertiary/aromatic N) is 1. The zero-order chi connectivity index (χ0) is 10.1. The first kappa shape index (κ1) is 8.24. The Balaban J connectivity index is 2.21. The fourth-order valence-corrected chi connectivity index (χ4v) is 1.55. The van der Waals surface area contributed by atoms with Crippen molar-refractivity contribution in [2.75, 3.05) is 0 Å². The molecule has 0 amide bonds. The molecule has 2 nitrogen and oxygen atoms in total. The van der Waals surface area contributed by atoms with Crippen LogP contribution < -0.4 is 0 Å². The van der Waals surface area contributed by atoms with Gasteiger partial charge in [0.1, 0.15) is 11.3 Å². The molecule has 3 aromatic rings. The summed E-state index contributed by atoms with van der Waals surface area (Å²) >= 11 is 0. The average molecular weight is 194 g/mol. The predicted octanol–water partition coefficient (Wildman–Crippen LogP) is 3.29. The summed E-state index contributed by atoms with van der Waals surface area (Å²) in [6.07, 6.45) is 1.76. The van der Waals surface area contributed by atoms with E-state index in [-0.39, 0.29) is 0 Å². The topological polar surface area (TPSA) is 26.0 Å². The SMILES string of the molecule is [c]1cccc2cc(-c3ccccn3)oc12. The second kappa shape index (κ2) is 3.24. The van der Waals surface area contributed by atoms with Gasteiger partial charge in [0.2, 0.25) is 0 Å². The highest BCUT2D eigenvalue weighted by atomic mass is 16.3. The number of fused-ring (bicyclic) bond motifs is 1. The minimum Gasteiger partial charge on any atom is -0.454 e. The van der Waals surface area contributed by atoms with Crippen molar-refractivity contribution < 1.29 is 4.42 Å². The van der Waals surface area contributed by atoms with Crippen molar-refractivity contribution in [1.82, 2.24) is 4.98 Å². The first-order valence-corrected chi connectivity index (χ1v) is 4.75. The van der Waals surface area contributed by atoms with Crippen molar-refractivity contribution in [1.29, 1.82) is 0 Å². The molecule has 71 valence electrons. The van der Waals surface area contributed by atoms with Crippen molar-refractivity contribution >= 4 is 11.0 Å². The average Bonchev–Trinajstić information content (AvgIpc) is 2.74. The smallest absolute Gasteiger partial charge is 0.153 e. The molecule has 1 radical (unpaired) electrons. The number of aromatic nitrogens is 1. The van der Waals surface area contributed by atoms with Crippen molar-refractivity contribution in [3.05, 3.63) is 54.7 Å². The second-order valence-corrected chi connectivity index (χ2v) is 3.28. The van der Waals surface area contributed by atoms with Gasteiger partial charge in [0.05, 0.1) is 0 Å². The van der Waals surface area contributed by atoms with E-state index in [0.717, 1.165) is 22.4 Å². The van der Waals surface area contributed by atoms with Crippen molar-refractivity contribution in [2.45, 2.75) is 0 Å². The Hall–Kier alpha value is -2.09. The van der Waals surface area contributed by atoms with E-state index < -0.39 is 0 Å². The lowest BCUT2D eigenvalue weighted by Gasteiger charge is -1.92. The van der Waals surface area contributed by atoms with Gasteiger partial charge < -0.3 is 4.42 Å². The summed E-state index contributed by atoms with van der Waals surface area (Å²) in [4.78, 5) is 4.24. The van der Waals surface area contributed by atoms with Crippen molar-refractivity contribution in [2.24, 2.45) is 0 Å². The van der Waals surface area contributed by atoms with Gasteiger partial charge in [-0.15, -0.1) is 0 Å². The second-order valence-electron chi connectivity index (χ2n) is 3.28. The van der Waals surface area contributed by atoms with Crippen LogP contribution in [0.4, 0.5) is 0 Å². The van der Waals surface area contributed by atoms with E-state index in [0.29, 0.717) is 0 Å². The molecule has 0 aliphatic rings. The van der Waals surface area contributed by atoms with Crippen LogP contribution in [0.5, 0.6) is 0 Å². The van der Waals surface area contributed by atoms with Crippen LogP contribution in [0.25, 0.3) is 22.4 Å². The normalized spacial score (nSPS) is 10.7. The molecule has 0 unspecified atom stereocenters. The molecule has 0 saturated carbocycles. The van der Waals surface area contributed by atoms with E-state index in [1.807, 2.05) is 42.5 Å². The summed E-state index contributed by atoms with van der Waals surface area (Å²) in [5, 5.41) is 1.05. The van der Waals surface area contributed by atoms with Crippen LogP contribution in [0.1, 0.15) is 0 Å². The highest BCUT2D eigenvalue weighted by Gasteiger charge is 2.05. The summed E-state index contributed by atoms with van der Waals surface area (Å²) in [7, 11) is 0. The Morgan fingerprint density at radius 3 is 2.93 bits per heavy atom. The zero-order valence-electron chi connectivity index (χ0n) is 7.97. The monoisotopic (exact) mass is 194 g/mol. The first-order chi connectivity index (χ1) is 7.43. The Bertz CT molecular complexity index is 551. The van der Waals surface area contributed by atoms with Gasteiger partial charge in [-0.2, -0.15) is 0 Å². The Morgan fingerprint density at radius 2 is 2.13 bits per heavy atom. The molecule has 0 spiro atoms. The van der Waals surface area contributed by atoms with Crippen LogP contribution in [0, 0.1) is 6.07 Å². The van der Waals surface area contributed by atoms with E-state index in [1.54, 1.807) is 6.20 Å². The molecule has 1 aromatic carbocycles. The molecule has 2 heteroatoms. The molecule has 0 bridgehead atoms. The van der Waals surface area contributed by atoms with Gasteiger partial charge in [-0.05, 0) is 18.2 Å². The van der Waals surface area contributed by atoms with Gasteiger partial charge in [-0.1, -0.05) is 24.3 Å². The molecule has 15 heavy (non-hydrogen) atoms. The largest absolute Gasteiger partial charge is 0.454 e. The summed E-state index contributed by atoms with van der Waals surface area (Å²) in [5.41, 5.74) is 1.63. The zero-order valence-corrected chi connectivity index (χ0v) is 7.97. The van der Waals surface area contributed by atoms with Crippen LogP contribution in [0.15, 0.2) is 53.1 Å². The van der Waals surface area contributed by atoms with E-state index >= 15 is 0 Å². The molecule has 0 fully saturated rings. The van der Waals surface area contributed by atoms with E-state index in [9.17, 15) is 0 Å². The minimum absolute atomic E-state index is 0.776. The third-order valence-corrected chi connectivity index (χ3v) is 2.26. The summed E-state index contributed by atoms with van der Waals surface area (Å²) in [6, 6.07) is 16.6. The van der Waals surface area contributed by atoms with E-state index in [2.05, 4.69) is 11.1 Å². The van der Waals surface area contributed by atoms with Crippen molar-refractivity contribution in [3.63, 3.8) is 0 Å². The standard InChI is InChI=1S/C13H8NO/c1-2-7-12-10(5-1)9-13(15-12)11-6-3-4-8-14-11/h1-6,8-9H. The fraction of sp³-hybridized carbons (Fsp3) is 0. The predicted molar refractivity (Wildman–Crippen MR) is 58.3 cm³/mol. The number of hydrogen-bond acceptors (Lipinski definition) is 2. The first-order valence-electron chi connectivity index (χ1n) is 4.75. The van der Waals surface area contributed by atoms with Crippen LogP contribution in [0.2, 0.25) is 0 Å². The molecule has 0 N–H and O–H groups in total. The number of furan rings is 1. The van der Waals surface area contributed by atoms with Gasteiger partial charge in [-0.3, -0.25) is 4.98 Å². The Morgan fingerprint density at radius 1 is 1.13 bits per heavy atom. The minimum atomic E-state index is 0.776. The third kappa shape index (κ3) is 1.40. The van der Waals surface area contributed by atoms with Crippen LogP contribution in [-0.2, 0) is 0 Å². The van der Waals surface area contributed by atoms with E-state index in [1.165, 1.54) is 0 Å². The number of hydrogen-bond donors (Lipinski definition) is 0. The summed E-state index contributed by atoms with van der Waals surface area (Å²) in [6.45, 7) is 0. The van der Waals surface area contributed by atoms with Gasteiger partial charge in [0.25, 0.3) is 0 Å². The summed E-state index contributed by atoms with van der Waals surface area (Å²) < 4.78 is 5.64. The number of rotatable bonds is 1. The fourth-order valence-electron chi connectivity index (χ4n) is 1.55. The van der Waals surface area contributed by atoms with Crippen molar-refractivity contribution in [3.8, 4) is 11.5 Å². The maximum Gasteiger partial charge on any atom is 0.153 e. The maximum atomic E-state index is 5.64. The van der Waals surface area contributed by atoms with Gasteiger partial charge in [-0.25, -0.2) is 0 Å². The molecule has 2 aromatic heterocycles. The van der Waals surface area contributed by atoms with Gasteiger partial charge in [0.15, 0.2) is 5.76 Å². The Kier molecular flexibility index (Phi) is 1.78. The number of para-hydroxylation sites is 1. The molecular weight excluding hydrogens is 186 g/mol. The molecule has 0 aliphatic carbocycles. The molecule has 0 saturated heterocycles. The maximum absolute atomic E-state index is 5.64. The molecule has 2 heterocycles. The number of benzene rings is 1. The van der Waals surface area contributed by atoms with Crippen LogP contribution >= 0.6 is 0 Å². The highest BCUT2D eigenvalue weighted by molar-refractivity contribution is 5.81. The molecule has 0 atom stereocenters. The highest BCUT2D eigenvalue weighted by Crippen LogP contribution is 2.25. The van der Waals surface area contributed by atoms with Gasteiger partial charge in [0, 0.05) is 17.6 Å².